The fourth-order valence-electron chi connectivity index (χ4n) is 2.51. The van der Waals surface area contributed by atoms with Crippen molar-refractivity contribution in [3.05, 3.63) is 60.2 Å². The minimum atomic E-state index is -0.206. The van der Waals surface area contributed by atoms with Gasteiger partial charge in [0.15, 0.2) is 11.5 Å². The number of fused-ring (bicyclic) bond motifs is 1. The first-order chi connectivity index (χ1) is 12.3. The highest BCUT2D eigenvalue weighted by Gasteiger charge is 2.20. The fraction of sp³-hybridized carbons (Fsp3) is 0.250. The largest absolute Gasteiger partial charge is 0.493 e. The van der Waals surface area contributed by atoms with Crippen molar-refractivity contribution in [2.45, 2.75) is 13.0 Å². The number of rotatable bonds is 6. The maximum atomic E-state index is 12.0. The summed E-state index contributed by atoms with van der Waals surface area (Å²) in [5.74, 6) is 2.01. The molecule has 0 saturated heterocycles. The van der Waals surface area contributed by atoms with Gasteiger partial charge < -0.3 is 19.5 Å². The molecule has 0 fully saturated rings. The van der Waals surface area contributed by atoms with Crippen LogP contribution in [0.25, 0.3) is 6.08 Å². The second-order valence-electron chi connectivity index (χ2n) is 5.55. The van der Waals surface area contributed by atoms with E-state index in [4.69, 9.17) is 14.2 Å². The summed E-state index contributed by atoms with van der Waals surface area (Å²) in [6.45, 7) is 3.30. The smallest absolute Gasteiger partial charge is 0.244 e. The lowest BCUT2D eigenvalue weighted by molar-refractivity contribution is -0.116. The molecular formula is C20H21NO4. The first kappa shape index (κ1) is 16.9. The maximum absolute atomic E-state index is 12.0. The number of ether oxygens (including phenoxy) is 3. The van der Waals surface area contributed by atoms with Gasteiger partial charge in [0.1, 0.15) is 18.5 Å². The minimum absolute atomic E-state index is 0.186. The van der Waals surface area contributed by atoms with E-state index < -0.39 is 0 Å². The molecule has 1 aliphatic rings. The van der Waals surface area contributed by atoms with Gasteiger partial charge in [-0.3, -0.25) is 4.79 Å². The number of nitrogens with one attached hydrogen (secondary N) is 1. The Hall–Kier alpha value is -2.95. The zero-order chi connectivity index (χ0) is 17.5. The Labute approximate surface area is 147 Å². The number of para-hydroxylation sites is 3. The van der Waals surface area contributed by atoms with Gasteiger partial charge in [-0.1, -0.05) is 30.3 Å². The molecule has 1 N–H and O–H groups in total. The van der Waals surface area contributed by atoms with Crippen molar-refractivity contribution in [2.75, 3.05) is 19.8 Å². The normalized spacial score (nSPS) is 15.8. The highest BCUT2D eigenvalue weighted by atomic mass is 16.6. The molecule has 1 heterocycles. The number of carbonyl (C=O) groups excluding carboxylic acids is 1. The fourth-order valence-corrected chi connectivity index (χ4v) is 2.51. The van der Waals surface area contributed by atoms with Crippen LogP contribution in [0.2, 0.25) is 0 Å². The van der Waals surface area contributed by atoms with Gasteiger partial charge in [0.05, 0.1) is 13.2 Å². The van der Waals surface area contributed by atoms with Crippen LogP contribution in [0, 0.1) is 0 Å². The standard InChI is InChI=1S/C20H21NO4/c1-2-23-17-8-4-3-7-15(17)11-12-20(22)21-13-16-14-24-18-9-5-6-10-19(18)25-16/h3-12,16H,2,13-14H2,1H3,(H,21,22)/b12-11+. The summed E-state index contributed by atoms with van der Waals surface area (Å²) in [4.78, 5) is 12.0. The summed E-state index contributed by atoms with van der Waals surface area (Å²) in [6, 6.07) is 15.1. The molecule has 1 atom stereocenters. The van der Waals surface area contributed by atoms with Crippen molar-refractivity contribution < 1.29 is 19.0 Å². The third-order valence-corrected chi connectivity index (χ3v) is 3.70. The van der Waals surface area contributed by atoms with Crippen molar-refractivity contribution in [2.24, 2.45) is 0 Å². The summed E-state index contributed by atoms with van der Waals surface area (Å²) >= 11 is 0. The first-order valence-corrected chi connectivity index (χ1v) is 8.32. The van der Waals surface area contributed by atoms with Crippen LogP contribution in [-0.2, 0) is 4.79 Å². The molecule has 5 heteroatoms. The van der Waals surface area contributed by atoms with Crippen LogP contribution in [0.1, 0.15) is 12.5 Å². The SMILES string of the molecule is CCOc1ccccc1/C=C/C(=O)NCC1COc2ccccc2O1. The Morgan fingerprint density at radius 3 is 2.80 bits per heavy atom. The predicted molar refractivity (Wildman–Crippen MR) is 96.0 cm³/mol. The molecule has 0 bridgehead atoms. The number of benzene rings is 2. The lowest BCUT2D eigenvalue weighted by atomic mass is 10.2. The van der Waals surface area contributed by atoms with E-state index in [0.717, 1.165) is 17.1 Å². The Balaban J connectivity index is 1.52. The van der Waals surface area contributed by atoms with Crippen LogP contribution in [0.3, 0.4) is 0 Å². The van der Waals surface area contributed by atoms with Crippen LogP contribution in [0.4, 0.5) is 0 Å². The van der Waals surface area contributed by atoms with E-state index in [-0.39, 0.29) is 12.0 Å². The predicted octanol–water partition coefficient (Wildman–Crippen LogP) is 3.05. The molecule has 2 aromatic carbocycles. The molecule has 0 saturated carbocycles. The van der Waals surface area contributed by atoms with E-state index >= 15 is 0 Å². The van der Waals surface area contributed by atoms with Gasteiger partial charge in [0.25, 0.3) is 0 Å². The molecule has 130 valence electrons. The molecule has 2 aromatic rings. The Bertz CT molecular complexity index is 757. The third kappa shape index (κ3) is 4.53. The highest BCUT2D eigenvalue weighted by Crippen LogP contribution is 2.30. The topological polar surface area (TPSA) is 56.8 Å². The van der Waals surface area contributed by atoms with Crippen LogP contribution < -0.4 is 19.5 Å². The number of amides is 1. The van der Waals surface area contributed by atoms with E-state index in [9.17, 15) is 4.79 Å². The van der Waals surface area contributed by atoms with Crippen molar-refractivity contribution >= 4 is 12.0 Å². The Kier molecular flexibility index (Phi) is 5.57. The molecule has 25 heavy (non-hydrogen) atoms. The lowest BCUT2D eigenvalue weighted by Crippen LogP contribution is -2.40. The molecule has 1 unspecified atom stereocenters. The van der Waals surface area contributed by atoms with E-state index in [1.807, 2.05) is 55.5 Å². The minimum Gasteiger partial charge on any atom is -0.493 e. The summed E-state index contributed by atoms with van der Waals surface area (Å²) in [6.07, 6.45) is 3.03. The molecule has 5 nitrogen and oxygen atoms in total. The van der Waals surface area contributed by atoms with Crippen molar-refractivity contribution in [1.82, 2.24) is 5.32 Å². The molecule has 1 aliphatic heterocycles. The zero-order valence-electron chi connectivity index (χ0n) is 14.1. The number of hydrogen-bond donors (Lipinski definition) is 1. The molecular weight excluding hydrogens is 318 g/mol. The average molecular weight is 339 g/mol. The highest BCUT2D eigenvalue weighted by molar-refractivity contribution is 5.92. The van der Waals surface area contributed by atoms with Crippen molar-refractivity contribution in [1.29, 1.82) is 0 Å². The maximum Gasteiger partial charge on any atom is 0.244 e. The van der Waals surface area contributed by atoms with Gasteiger partial charge in [0.2, 0.25) is 5.91 Å². The summed E-state index contributed by atoms with van der Waals surface area (Å²) in [5, 5.41) is 2.83. The molecule has 0 radical (unpaired) electrons. The first-order valence-electron chi connectivity index (χ1n) is 8.32. The van der Waals surface area contributed by atoms with E-state index in [0.29, 0.717) is 25.5 Å². The van der Waals surface area contributed by atoms with Crippen LogP contribution in [0.15, 0.2) is 54.6 Å². The Morgan fingerprint density at radius 2 is 1.96 bits per heavy atom. The van der Waals surface area contributed by atoms with Gasteiger partial charge in [0, 0.05) is 11.6 Å². The van der Waals surface area contributed by atoms with Crippen molar-refractivity contribution in [3.63, 3.8) is 0 Å². The second-order valence-corrected chi connectivity index (χ2v) is 5.55. The number of carbonyl (C=O) groups is 1. The van der Waals surface area contributed by atoms with Crippen LogP contribution >= 0.6 is 0 Å². The van der Waals surface area contributed by atoms with E-state index in [1.165, 1.54) is 6.08 Å². The summed E-state index contributed by atoms with van der Waals surface area (Å²) in [5.41, 5.74) is 0.866. The second kappa shape index (κ2) is 8.24. The summed E-state index contributed by atoms with van der Waals surface area (Å²) < 4.78 is 17.0. The quantitative estimate of drug-likeness (QED) is 0.822. The molecule has 0 spiro atoms. The molecule has 0 aromatic heterocycles. The zero-order valence-corrected chi connectivity index (χ0v) is 14.1. The molecule has 3 rings (SSSR count). The number of hydrogen-bond acceptors (Lipinski definition) is 4. The van der Waals surface area contributed by atoms with Gasteiger partial charge in [-0.15, -0.1) is 0 Å². The van der Waals surface area contributed by atoms with Crippen molar-refractivity contribution in [3.8, 4) is 17.2 Å². The third-order valence-electron chi connectivity index (χ3n) is 3.70. The van der Waals surface area contributed by atoms with Gasteiger partial charge in [-0.05, 0) is 31.2 Å². The van der Waals surface area contributed by atoms with E-state index in [1.54, 1.807) is 6.08 Å². The monoisotopic (exact) mass is 339 g/mol. The average Bonchev–Trinajstić information content (AvgIpc) is 2.66. The van der Waals surface area contributed by atoms with Crippen LogP contribution in [-0.4, -0.2) is 31.8 Å². The molecule has 1 amide bonds. The molecule has 0 aliphatic carbocycles. The van der Waals surface area contributed by atoms with Gasteiger partial charge >= 0.3 is 0 Å². The van der Waals surface area contributed by atoms with Gasteiger partial charge in [-0.25, -0.2) is 0 Å². The van der Waals surface area contributed by atoms with Crippen LogP contribution in [0.5, 0.6) is 17.2 Å². The summed E-state index contributed by atoms with van der Waals surface area (Å²) in [7, 11) is 0. The van der Waals surface area contributed by atoms with E-state index in [2.05, 4.69) is 5.32 Å². The van der Waals surface area contributed by atoms with Gasteiger partial charge in [-0.2, -0.15) is 0 Å². The lowest BCUT2D eigenvalue weighted by Gasteiger charge is -2.26. The Morgan fingerprint density at radius 1 is 1.20 bits per heavy atom.